The van der Waals surface area contributed by atoms with Crippen LogP contribution in [0.25, 0.3) is 0 Å². The van der Waals surface area contributed by atoms with E-state index in [1.807, 2.05) is 0 Å². The van der Waals surface area contributed by atoms with Gasteiger partial charge in [0.25, 0.3) is 6.43 Å². The van der Waals surface area contributed by atoms with Crippen molar-refractivity contribution in [2.45, 2.75) is 13.0 Å². The van der Waals surface area contributed by atoms with E-state index in [-0.39, 0.29) is 10.2 Å². The van der Waals surface area contributed by atoms with E-state index in [0.29, 0.717) is 0 Å². The number of hydrogen-bond donors (Lipinski definition) is 2. The van der Waals surface area contributed by atoms with E-state index in [4.69, 9.17) is 5.11 Å². The molecule has 0 aliphatic rings. The summed E-state index contributed by atoms with van der Waals surface area (Å²) in [4.78, 5) is 13.5. The number of hydrogen-bond acceptors (Lipinski definition) is 2. The number of nitrogens with one attached hydrogen (secondary N) is 1. The molecule has 0 amide bonds. The summed E-state index contributed by atoms with van der Waals surface area (Å²) in [6, 6.07) is 0. The lowest BCUT2D eigenvalue weighted by molar-refractivity contribution is 0.149. The highest BCUT2D eigenvalue weighted by atomic mass is 79.9. The van der Waals surface area contributed by atoms with Crippen LogP contribution in [0.2, 0.25) is 0 Å². The van der Waals surface area contributed by atoms with Crippen LogP contribution in [0.4, 0.5) is 8.78 Å². The van der Waals surface area contributed by atoms with Crippen LogP contribution >= 0.6 is 15.9 Å². The Bertz CT molecular complexity index is 364. The summed E-state index contributed by atoms with van der Waals surface area (Å²) in [5.74, 6) is 0. The molecule has 1 heterocycles. The molecule has 0 aliphatic heterocycles. The molecule has 0 unspecified atom stereocenters. The standard InChI is InChI=1S/C7H6BrF2NO2/c8-5-4(2-12)11-1-3(6(5)13)7(9)10/h1,7,12H,2H2,(H,11,13). The lowest BCUT2D eigenvalue weighted by atomic mass is 10.2. The first-order valence-electron chi connectivity index (χ1n) is 3.37. The van der Waals surface area contributed by atoms with Crippen molar-refractivity contribution in [1.29, 1.82) is 0 Å². The summed E-state index contributed by atoms with van der Waals surface area (Å²) in [7, 11) is 0. The zero-order valence-corrected chi connectivity index (χ0v) is 7.94. The minimum atomic E-state index is -2.81. The fourth-order valence-electron chi connectivity index (χ4n) is 0.835. The number of alkyl halides is 2. The first-order chi connectivity index (χ1) is 6.07. The molecule has 0 aromatic carbocycles. The first kappa shape index (κ1) is 10.3. The molecular weight excluding hydrogens is 248 g/mol. The van der Waals surface area contributed by atoms with Crippen LogP contribution in [0, 0.1) is 0 Å². The minimum absolute atomic E-state index is 0.0483. The molecule has 0 fully saturated rings. The SMILES string of the molecule is O=c1c(C(F)F)c[nH]c(CO)c1Br. The van der Waals surface area contributed by atoms with E-state index in [1.54, 1.807) is 0 Å². The van der Waals surface area contributed by atoms with Gasteiger partial charge in [-0.1, -0.05) is 0 Å². The van der Waals surface area contributed by atoms with Crippen molar-refractivity contribution in [2.75, 3.05) is 0 Å². The summed E-state index contributed by atoms with van der Waals surface area (Å²) in [6.07, 6.45) is -1.91. The number of rotatable bonds is 2. The summed E-state index contributed by atoms with van der Waals surface area (Å²) < 4.78 is 24.2. The first-order valence-corrected chi connectivity index (χ1v) is 4.16. The number of halogens is 3. The Morgan fingerprint density at radius 3 is 2.69 bits per heavy atom. The molecule has 2 N–H and O–H groups in total. The third-order valence-electron chi connectivity index (χ3n) is 1.52. The number of aromatic amines is 1. The average molecular weight is 254 g/mol. The van der Waals surface area contributed by atoms with Gasteiger partial charge in [-0.15, -0.1) is 0 Å². The fraction of sp³-hybridized carbons (Fsp3) is 0.286. The molecular formula is C7H6BrF2NO2. The highest BCUT2D eigenvalue weighted by Gasteiger charge is 2.15. The second-order valence-electron chi connectivity index (χ2n) is 2.32. The van der Waals surface area contributed by atoms with Crippen molar-refractivity contribution in [3.8, 4) is 0 Å². The van der Waals surface area contributed by atoms with E-state index in [1.165, 1.54) is 0 Å². The highest BCUT2D eigenvalue weighted by Crippen LogP contribution is 2.17. The van der Waals surface area contributed by atoms with Gasteiger partial charge in [-0.25, -0.2) is 8.78 Å². The fourth-order valence-corrected chi connectivity index (χ4v) is 1.30. The molecule has 0 atom stereocenters. The van der Waals surface area contributed by atoms with Crippen molar-refractivity contribution in [3.05, 3.63) is 32.2 Å². The number of pyridine rings is 1. The molecule has 13 heavy (non-hydrogen) atoms. The Kier molecular flexibility index (Phi) is 3.16. The van der Waals surface area contributed by atoms with Gasteiger partial charge in [0.05, 0.1) is 22.3 Å². The zero-order valence-electron chi connectivity index (χ0n) is 6.35. The van der Waals surface area contributed by atoms with E-state index in [0.717, 1.165) is 6.20 Å². The molecule has 6 heteroatoms. The molecule has 1 aromatic heterocycles. The van der Waals surface area contributed by atoms with E-state index in [9.17, 15) is 13.6 Å². The number of aliphatic hydroxyl groups is 1. The third-order valence-corrected chi connectivity index (χ3v) is 2.36. The maximum absolute atomic E-state index is 12.1. The van der Waals surface area contributed by atoms with Crippen molar-refractivity contribution >= 4 is 15.9 Å². The van der Waals surface area contributed by atoms with E-state index >= 15 is 0 Å². The Morgan fingerprint density at radius 1 is 1.62 bits per heavy atom. The van der Waals surface area contributed by atoms with Crippen molar-refractivity contribution in [2.24, 2.45) is 0 Å². The van der Waals surface area contributed by atoms with E-state index in [2.05, 4.69) is 20.9 Å². The molecule has 0 spiro atoms. The Balaban J connectivity index is 3.32. The number of aromatic nitrogens is 1. The van der Waals surface area contributed by atoms with Crippen LogP contribution in [0.15, 0.2) is 15.5 Å². The topological polar surface area (TPSA) is 53.1 Å². The molecule has 3 nitrogen and oxygen atoms in total. The monoisotopic (exact) mass is 253 g/mol. The molecule has 0 radical (unpaired) electrons. The summed E-state index contributed by atoms with van der Waals surface area (Å²) in [5, 5.41) is 8.68. The van der Waals surface area contributed by atoms with Gasteiger partial charge in [0.2, 0.25) is 5.43 Å². The molecule has 1 rings (SSSR count). The molecule has 0 aliphatic carbocycles. The van der Waals surface area contributed by atoms with Crippen LogP contribution in [0.5, 0.6) is 0 Å². The molecule has 0 saturated heterocycles. The summed E-state index contributed by atoms with van der Waals surface area (Å²) in [6.45, 7) is -0.403. The van der Waals surface area contributed by atoms with Crippen LogP contribution in [0.3, 0.4) is 0 Å². The van der Waals surface area contributed by atoms with Crippen LogP contribution in [-0.4, -0.2) is 10.1 Å². The predicted molar refractivity (Wildman–Crippen MR) is 45.6 cm³/mol. The van der Waals surface area contributed by atoms with Gasteiger partial charge in [0.15, 0.2) is 0 Å². The van der Waals surface area contributed by atoms with Crippen LogP contribution in [-0.2, 0) is 6.61 Å². The Morgan fingerprint density at radius 2 is 2.23 bits per heavy atom. The molecule has 0 saturated carbocycles. The smallest absolute Gasteiger partial charge is 0.269 e. The van der Waals surface area contributed by atoms with Gasteiger partial charge in [-0.05, 0) is 15.9 Å². The normalized spacial score (nSPS) is 10.8. The van der Waals surface area contributed by atoms with Gasteiger partial charge in [-0.2, -0.15) is 0 Å². The van der Waals surface area contributed by atoms with Gasteiger partial charge >= 0.3 is 0 Å². The van der Waals surface area contributed by atoms with Crippen LogP contribution in [0.1, 0.15) is 17.7 Å². The lowest BCUT2D eigenvalue weighted by Gasteiger charge is -2.03. The summed E-state index contributed by atoms with van der Waals surface area (Å²) in [5.41, 5.74) is -1.21. The quantitative estimate of drug-likeness (QED) is 0.841. The second-order valence-corrected chi connectivity index (χ2v) is 3.12. The van der Waals surface area contributed by atoms with Gasteiger partial charge in [-0.3, -0.25) is 4.79 Å². The van der Waals surface area contributed by atoms with Crippen molar-refractivity contribution < 1.29 is 13.9 Å². The Hall–Kier alpha value is -0.750. The minimum Gasteiger partial charge on any atom is -0.390 e. The maximum Gasteiger partial charge on any atom is 0.269 e. The zero-order chi connectivity index (χ0) is 10.0. The predicted octanol–water partition coefficient (Wildman–Crippen LogP) is 1.57. The van der Waals surface area contributed by atoms with Crippen molar-refractivity contribution in [1.82, 2.24) is 4.98 Å². The number of aliphatic hydroxyl groups excluding tert-OH is 1. The van der Waals surface area contributed by atoms with Gasteiger partial charge in [0.1, 0.15) is 0 Å². The van der Waals surface area contributed by atoms with E-state index < -0.39 is 24.0 Å². The highest BCUT2D eigenvalue weighted by molar-refractivity contribution is 9.10. The molecule has 72 valence electrons. The molecule has 0 bridgehead atoms. The third kappa shape index (κ3) is 1.94. The van der Waals surface area contributed by atoms with Gasteiger partial charge < -0.3 is 10.1 Å². The number of H-pyrrole nitrogens is 1. The average Bonchev–Trinajstić information content (AvgIpc) is 2.09. The van der Waals surface area contributed by atoms with Crippen LogP contribution < -0.4 is 5.43 Å². The maximum atomic E-state index is 12.1. The summed E-state index contributed by atoms with van der Waals surface area (Å²) >= 11 is 2.82. The Labute approximate surface area is 80.5 Å². The second kappa shape index (κ2) is 3.97. The van der Waals surface area contributed by atoms with Gasteiger partial charge in [0, 0.05) is 6.20 Å². The van der Waals surface area contributed by atoms with Crippen molar-refractivity contribution in [3.63, 3.8) is 0 Å². The largest absolute Gasteiger partial charge is 0.390 e. The lowest BCUT2D eigenvalue weighted by Crippen LogP contribution is -2.13. The molecule has 1 aromatic rings.